The van der Waals surface area contributed by atoms with E-state index < -0.39 is 0 Å². The van der Waals surface area contributed by atoms with Crippen molar-refractivity contribution in [3.8, 4) is 0 Å². The molecule has 1 N–H and O–H groups in total. The minimum absolute atomic E-state index is 0.0909. The molecular weight excluding hydrogens is 311 g/mol. The van der Waals surface area contributed by atoms with Crippen molar-refractivity contribution in [3.05, 3.63) is 34.1 Å². The molecule has 1 unspecified atom stereocenters. The third kappa shape index (κ3) is 3.15. The molecule has 1 heterocycles. The highest BCUT2D eigenvalue weighted by molar-refractivity contribution is 9.10. The molecule has 0 aliphatic carbocycles. The van der Waals surface area contributed by atoms with Gasteiger partial charge in [0.2, 0.25) is 5.91 Å². The Bertz CT molecular complexity index is 494. The molecule has 1 amide bonds. The molecule has 1 aromatic carbocycles. The summed E-state index contributed by atoms with van der Waals surface area (Å²) < 4.78 is 13.8. The number of nitrogens with zero attached hydrogens (tertiary/aromatic N) is 1. The first-order valence-corrected chi connectivity index (χ1v) is 7.12. The highest BCUT2D eigenvalue weighted by atomic mass is 79.9. The second-order valence-electron chi connectivity index (χ2n) is 5.34. The molecule has 0 saturated carbocycles. The van der Waals surface area contributed by atoms with E-state index in [0.29, 0.717) is 0 Å². The number of rotatable bonds is 3. The van der Waals surface area contributed by atoms with Crippen molar-refractivity contribution in [3.63, 3.8) is 0 Å². The Balaban J connectivity index is 2.04. The number of halogens is 2. The first kappa shape index (κ1) is 14.5. The summed E-state index contributed by atoms with van der Waals surface area (Å²) in [6.07, 6.45) is 0.853. The number of nitrogens with one attached hydrogen (secondary N) is 1. The van der Waals surface area contributed by atoms with Gasteiger partial charge in [-0.05, 0) is 37.6 Å². The normalized spacial score (nSPS) is 23.6. The Morgan fingerprint density at radius 2 is 2.32 bits per heavy atom. The van der Waals surface area contributed by atoms with Crippen LogP contribution in [0.1, 0.15) is 18.9 Å². The minimum Gasteiger partial charge on any atom is -0.359 e. The van der Waals surface area contributed by atoms with Crippen LogP contribution in [0.2, 0.25) is 0 Å². The van der Waals surface area contributed by atoms with Gasteiger partial charge in [0.15, 0.2) is 0 Å². The van der Waals surface area contributed by atoms with Crippen LogP contribution < -0.4 is 5.32 Å². The lowest BCUT2D eigenvalue weighted by atomic mass is 9.89. The van der Waals surface area contributed by atoms with E-state index in [0.717, 1.165) is 36.1 Å². The first-order chi connectivity index (χ1) is 8.94. The second-order valence-corrected chi connectivity index (χ2v) is 6.19. The lowest BCUT2D eigenvalue weighted by Gasteiger charge is -2.23. The smallest absolute Gasteiger partial charge is 0.227 e. The molecule has 0 aromatic heterocycles. The van der Waals surface area contributed by atoms with E-state index in [1.807, 2.05) is 6.92 Å². The van der Waals surface area contributed by atoms with E-state index in [4.69, 9.17) is 0 Å². The lowest BCUT2D eigenvalue weighted by Crippen LogP contribution is -2.39. The number of hydrogen-bond acceptors (Lipinski definition) is 2. The monoisotopic (exact) mass is 328 g/mol. The van der Waals surface area contributed by atoms with Gasteiger partial charge in [-0.1, -0.05) is 22.0 Å². The maximum absolute atomic E-state index is 13.0. The summed E-state index contributed by atoms with van der Waals surface area (Å²) in [6.45, 7) is 4.34. The summed E-state index contributed by atoms with van der Waals surface area (Å²) in [7, 11) is 1.67. The van der Waals surface area contributed by atoms with E-state index in [9.17, 15) is 9.18 Å². The predicted octanol–water partition coefficient (Wildman–Crippen LogP) is 2.55. The van der Waals surface area contributed by atoms with Crippen molar-refractivity contribution < 1.29 is 9.18 Å². The molecule has 5 heteroatoms. The van der Waals surface area contributed by atoms with Gasteiger partial charge in [-0.2, -0.15) is 0 Å². The average Bonchev–Trinajstić information content (AvgIpc) is 2.75. The van der Waals surface area contributed by atoms with Crippen LogP contribution in [0.3, 0.4) is 0 Å². The zero-order chi connectivity index (χ0) is 14.0. The molecule has 1 atom stereocenters. The van der Waals surface area contributed by atoms with Crippen LogP contribution in [0, 0.1) is 11.2 Å². The maximum atomic E-state index is 13.0. The molecule has 1 aliphatic heterocycles. The molecule has 0 radical (unpaired) electrons. The van der Waals surface area contributed by atoms with Gasteiger partial charge in [0.25, 0.3) is 0 Å². The third-order valence-corrected chi connectivity index (χ3v) is 4.47. The van der Waals surface area contributed by atoms with Gasteiger partial charge in [0, 0.05) is 24.6 Å². The third-order valence-electron chi connectivity index (χ3n) is 3.74. The summed E-state index contributed by atoms with van der Waals surface area (Å²) >= 11 is 3.38. The fraction of sp³-hybridized carbons (Fsp3) is 0.500. The Kier molecular flexibility index (Phi) is 4.26. The number of carbonyl (C=O) groups is 1. The molecule has 1 saturated heterocycles. The second kappa shape index (κ2) is 5.59. The van der Waals surface area contributed by atoms with Crippen molar-refractivity contribution >= 4 is 21.8 Å². The van der Waals surface area contributed by atoms with Gasteiger partial charge in [0.05, 0.1) is 5.41 Å². The van der Waals surface area contributed by atoms with Gasteiger partial charge in [0.1, 0.15) is 5.82 Å². The Labute approximate surface area is 121 Å². The van der Waals surface area contributed by atoms with E-state index >= 15 is 0 Å². The van der Waals surface area contributed by atoms with Crippen molar-refractivity contribution in [1.29, 1.82) is 0 Å². The molecule has 3 nitrogen and oxygen atoms in total. The number of amides is 1. The Morgan fingerprint density at radius 3 is 2.95 bits per heavy atom. The molecule has 2 rings (SSSR count). The van der Waals surface area contributed by atoms with Crippen molar-refractivity contribution in [2.75, 3.05) is 20.1 Å². The molecule has 1 aliphatic rings. The summed E-state index contributed by atoms with van der Waals surface area (Å²) in [5.74, 6) is -0.152. The van der Waals surface area contributed by atoms with Crippen molar-refractivity contribution in [2.24, 2.45) is 5.41 Å². The van der Waals surface area contributed by atoms with E-state index in [2.05, 4.69) is 26.1 Å². The van der Waals surface area contributed by atoms with Crippen LogP contribution in [0.5, 0.6) is 0 Å². The van der Waals surface area contributed by atoms with Crippen LogP contribution in [0.4, 0.5) is 4.39 Å². The summed E-state index contributed by atoms with van der Waals surface area (Å²) in [4.78, 5) is 14.1. The van der Waals surface area contributed by atoms with Gasteiger partial charge < -0.3 is 5.32 Å². The van der Waals surface area contributed by atoms with Crippen LogP contribution in [-0.2, 0) is 11.3 Å². The number of carbonyl (C=O) groups excluding carboxylic acids is 1. The van der Waals surface area contributed by atoms with E-state index in [-0.39, 0.29) is 17.1 Å². The zero-order valence-corrected chi connectivity index (χ0v) is 12.8. The molecule has 0 spiro atoms. The fourth-order valence-electron chi connectivity index (χ4n) is 2.57. The van der Waals surface area contributed by atoms with E-state index in [1.165, 1.54) is 12.1 Å². The molecular formula is C14H18BrFN2O. The molecule has 0 bridgehead atoms. The SMILES string of the molecule is CNC(=O)C1(C)CCN(Cc2ccc(F)cc2Br)C1. The van der Waals surface area contributed by atoms with Crippen LogP contribution in [0.15, 0.2) is 22.7 Å². The highest BCUT2D eigenvalue weighted by Crippen LogP contribution is 2.32. The summed E-state index contributed by atoms with van der Waals surface area (Å²) in [6, 6.07) is 4.73. The fourth-order valence-corrected chi connectivity index (χ4v) is 3.05. The van der Waals surface area contributed by atoms with E-state index in [1.54, 1.807) is 13.1 Å². The number of hydrogen-bond donors (Lipinski definition) is 1. The van der Waals surface area contributed by atoms with Crippen molar-refractivity contribution in [1.82, 2.24) is 10.2 Å². The summed E-state index contributed by atoms with van der Waals surface area (Å²) in [5.41, 5.74) is 0.726. The first-order valence-electron chi connectivity index (χ1n) is 6.33. The Morgan fingerprint density at radius 1 is 1.58 bits per heavy atom. The van der Waals surface area contributed by atoms with Gasteiger partial charge in [-0.25, -0.2) is 4.39 Å². The molecule has 1 fully saturated rings. The van der Waals surface area contributed by atoms with Crippen molar-refractivity contribution in [2.45, 2.75) is 19.9 Å². The van der Waals surface area contributed by atoms with Crippen LogP contribution >= 0.6 is 15.9 Å². The largest absolute Gasteiger partial charge is 0.359 e. The van der Waals surface area contributed by atoms with Crippen LogP contribution in [-0.4, -0.2) is 30.9 Å². The highest BCUT2D eigenvalue weighted by Gasteiger charge is 2.39. The molecule has 104 valence electrons. The number of likely N-dealkylation sites (tertiary alicyclic amines) is 1. The number of benzene rings is 1. The Hall–Kier alpha value is -0.940. The van der Waals surface area contributed by atoms with Gasteiger partial charge >= 0.3 is 0 Å². The predicted molar refractivity (Wildman–Crippen MR) is 76.2 cm³/mol. The van der Waals surface area contributed by atoms with Gasteiger partial charge in [-0.15, -0.1) is 0 Å². The topological polar surface area (TPSA) is 32.3 Å². The summed E-state index contributed by atoms with van der Waals surface area (Å²) in [5, 5.41) is 2.73. The molecule has 1 aromatic rings. The average molecular weight is 329 g/mol. The zero-order valence-electron chi connectivity index (χ0n) is 11.2. The quantitative estimate of drug-likeness (QED) is 0.924. The van der Waals surface area contributed by atoms with Crippen LogP contribution in [0.25, 0.3) is 0 Å². The lowest BCUT2D eigenvalue weighted by molar-refractivity contribution is -0.129. The maximum Gasteiger partial charge on any atom is 0.227 e. The molecule has 19 heavy (non-hydrogen) atoms. The minimum atomic E-state index is -0.318. The standard InChI is InChI=1S/C14H18BrFN2O/c1-14(13(19)17-2)5-6-18(9-14)8-10-3-4-11(16)7-12(10)15/h3-4,7H,5-6,8-9H2,1-2H3,(H,17,19). The van der Waals surface area contributed by atoms with Gasteiger partial charge in [-0.3, -0.25) is 9.69 Å².